The molecule has 0 aliphatic heterocycles. The summed E-state index contributed by atoms with van der Waals surface area (Å²) in [6.07, 6.45) is 8.95. The van der Waals surface area contributed by atoms with Gasteiger partial charge in [-0.25, -0.2) is 0 Å². The zero-order valence-corrected chi connectivity index (χ0v) is 13.7. The van der Waals surface area contributed by atoms with Crippen LogP contribution in [0.4, 0.5) is 0 Å². The van der Waals surface area contributed by atoms with Crippen LogP contribution in [0.5, 0.6) is 0 Å². The number of aromatic nitrogens is 3. The van der Waals surface area contributed by atoms with Crippen molar-refractivity contribution in [2.45, 2.75) is 26.2 Å². The molecule has 3 N–H and O–H groups in total. The molecule has 5 nitrogen and oxygen atoms in total. The summed E-state index contributed by atoms with van der Waals surface area (Å²) < 4.78 is 0. The first-order valence-electron chi connectivity index (χ1n) is 7.27. The van der Waals surface area contributed by atoms with E-state index in [0.717, 1.165) is 12.6 Å². The maximum absolute atomic E-state index is 10.3. The molecule has 0 fully saturated rings. The Balaban J connectivity index is 0.000000188. The van der Waals surface area contributed by atoms with Crippen LogP contribution in [-0.4, -0.2) is 27.5 Å². The minimum absolute atomic E-state index is 0.123. The third-order valence-electron chi connectivity index (χ3n) is 2.94. The SMILES string of the molecule is CC(C)(C)c1c[nH]c(C=O)c1.O=Cc1ccc[nH]1.c1cc[nH]c1. The Hall–Kier alpha value is -2.82. The molecule has 3 aromatic heterocycles. The van der Waals surface area contributed by atoms with Crippen LogP contribution in [0.25, 0.3) is 0 Å². The van der Waals surface area contributed by atoms with Crippen LogP contribution < -0.4 is 0 Å². The van der Waals surface area contributed by atoms with E-state index in [1.54, 1.807) is 18.3 Å². The van der Waals surface area contributed by atoms with E-state index < -0.39 is 0 Å². The van der Waals surface area contributed by atoms with E-state index >= 15 is 0 Å². The molecular weight excluding hydrogens is 290 g/mol. The highest BCUT2D eigenvalue weighted by Crippen LogP contribution is 2.21. The Morgan fingerprint density at radius 3 is 1.78 bits per heavy atom. The van der Waals surface area contributed by atoms with E-state index in [4.69, 9.17) is 0 Å². The summed E-state index contributed by atoms with van der Waals surface area (Å²) in [5.74, 6) is 0. The molecule has 0 unspecified atom stereocenters. The van der Waals surface area contributed by atoms with Gasteiger partial charge in [0, 0.05) is 24.8 Å². The first-order chi connectivity index (χ1) is 11.0. The largest absolute Gasteiger partial charge is 0.368 e. The van der Waals surface area contributed by atoms with E-state index in [9.17, 15) is 9.59 Å². The molecular formula is C18H23N3O2. The van der Waals surface area contributed by atoms with Crippen LogP contribution >= 0.6 is 0 Å². The minimum atomic E-state index is 0.123. The molecule has 0 radical (unpaired) electrons. The monoisotopic (exact) mass is 313 g/mol. The molecule has 0 aromatic carbocycles. The molecule has 0 aliphatic rings. The first kappa shape index (κ1) is 18.2. The van der Waals surface area contributed by atoms with Crippen molar-refractivity contribution in [2.75, 3.05) is 0 Å². The normalized spacial score (nSPS) is 9.87. The van der Waals surface area contributed by atoms with Crippen LogP contribution in [0, 0.1) is 0 Å². The molecule has 3 aromatic rings. The molecule has 0 aliphatic carbocycles. The van der Waals surface area contributed by atoms with E-state index in [2.05, 4.69) is 35.7 Å². The van der Waals surface area contributed by atoms with Gasteiger partial charge in [0.25, 0.3) is 0 Å². The molecule has 0 amide bonds. The maximum Gasteiger partial charge on any atom is 0.166 e. The average molecular weight is 313 g/mol. The number of aldehydes is 2. The highest BCUT2D eigenvalue weighted by molar-refractivity contribution is 5.72. The lowest BCUT2D eigenvalue weighted by molar-refractivity contribution is 0.111. The molecule has 3 rings (SSSR count). The fourth-order valence-electron chi connectivity index (χ4n) is 1.61. The fraction of sp³-hybridized carbons (Fsp3) is 0.222. The van der Waals surface area contributed by atoms with Gasteiger partial charge in [0.2, 0.25) is 0 Å². The van der Waals surface area contributed by atoms with E-state index in [0.29, 0.717) is 11.4 Å². The summed E-state index contributed by atoms with van der Waals surface area (Å²) in [5.41, 5.74) is 2.56. The third kappa shape index (κ3) is 7.13. The number of H-pyrrole nitrogens is 3. The van der Waals surface area contributed by atoms with Gasteiger partial charge in [0.15, 0.2) is 12.6 Å². The van der Waals surface area contributed by atoms with Gasteiger partial charge in [-0.3, -0.25) is 9.59 Å². The molecule has 3 heterocycles. The number of hydrogen-bond donors (Lipinski definition) is 3. The standard InChI is InChI=1S/C9H13NO.C5H5NO.C4H5N/c1-9(2,3)7-4-8(6-11)10-5-7;7-4-5-2-1-3-6-5;1-2-4-5-3-1/h4-6,10H,1-3H3;1-4,6H;1-5H. The summed E-state index contributed by atoms with van der Waals surface area (Å²) in [4.78, 5) is 28.6. The number of hydrogen-bond acceptors (Lipinski definition) is 2. The van der Waals surface area contributed by atoms with Gasteiger partial charge >= 0.3 is 0 Å². The van der Waals surface area contributed by atoms with Crippen molar-refractivity contribution in [3.05, 3.63) is 72.1 Å². The highest BCUT2D eigenvalue weighted by Gasteiger charge is 2.14. The second-order valence-electron chi connectivity index (χ2n) is 5.84. The van der Waals surface area contributed by atoms with Gasteiger partial charge in [0.1, 0.15) is 0 Å². The van der Waals surface area contributed by atoms with Crippen LogP contribution in [0.1, 0.15) is 47.3 Å². The minimum Gasteiger partial charge on any atom is -0.368 e. The predicted molar refractivity (Wildman–Crippen MR) is 91.9 cm³/mol. The number of carbonyl (C=O) groups excluding carboxylic acids is 2. The van der Waals surface area contributed by atoms with E-state index in [1.165, 1.54) is 5.56 Å². The summed E-state index contributed by atoms with van der Waals surface area (Å²) in [7, 11) is 0. The third-order valence-corrected chi connectivity index (χ3v) is 2.94. The van der Waals surface area contributed by atoms with Crippen molar-refractivity contribution >= 4 is 12.6 Å². The lowest BCUT2D eigenvalue weighted by Crippen LogP contribution is -2.09. The molecule has 0 spiro atoms. The second kappa shape index (κ2) is 9.25. The molecule has 0 saturated carbocycles. The van der Waals surface area contributed by atoms with Crippen LogP contribution in [0.2, 0.25) is 0 Å². The smallest absolute Gasteiger partial charge is 0.166 e. The van der Waals surface area contributed by atoms with Gasteiger partial charge in [-0.05, 0) is 41.3 Å². The van der Waals surface area contributed by atoms with Crippen LogP contribution in [-0.2, 0) is 5.41 Å². The highest BCUT2D eigenvalue weighted by atomic mass is 16.1. The maximum atomic E-state index is 10.3. The zero-order valence-electron chi connectivity index (χ0n) is 13.7. The molecule has 122 valence electrons. The van der Waals surface area contributed by atoms with Crippen molar-refractivity contribution in [1.82, 2.24) is 15.0 Å². The lowest BCUT2D eigenvalue weighted by Gasteiger charge is -2.15. The van der Waals surface area contributed by atoms with Gasteiger partial charge in [-0.15, -0.1) is 0 Å². The molecule has 0 bridgehead atoms. The Morgan fingerprint density at radius 2 is 1.52 bits per heavy atom. The average Bonchev–Trinajstić information content (AvgIpc) is 3.30. The first-order valence-corrected chi connectivity index (χ1v) is 7.27. The van der Waals surface area contributed by atoms with Gasteiger partial charge in [-0.1, -0.05) is 20.8 Å². The van der Waals surface area contributed by atoms with Crippen LogP contribution in [0.3, 0.4) is 0 Å². The summed E-state index contributed by atoms with van der Waals surface area (Å²) in [6.45, 7) is 6.35. The van der Waals surface area contributed by atoms with Crippen molar-refractivity contribution in [1.29, 1.82) is 0 Å². The lowest BCUT2D eigenvalue weighted by atomic mass is 9.89. The Kier molecular flexibility index (Phi) is 7.33. The summed E-state index contributed by atoms with van der Waals surface area (Å²) >= 11 is 0. The molecule has 23 heavy (non-hydrogen) atoms. The van der Waals surface area contributed by atoms with Gasteiger partial charge in [-0.2, -0.15) is 0 Å². The van der Waals surface area contributed by atoms with E-state index in [1.807, 2.05) is 36.8 Å². The fourth-order valence-corrected chi connectivity index (χ4v) is 1.61. The molecule has 0 atom stereocenters. The summed E-state index contributed by atoms with van der Waals surface area (Å²) in [6, 6.07) is 9.27. The quantitative estimate of drug-likeness (QED) is 0.626. The van der Waals surface area contributed by atoms with Gasteiger partial charge < -0.3 is 15.0 Å². The van der Waals surface area contributed by atoms with Crippen molar-refractivity contribution < 1.29 is 9.59 Å². The zero-order chi connectivity index (χ0) is 17.1. The Bertz CT molecular complexity index is 642. The van der Waals surface area contributed by atoms with Crippen molar-refractivity contribution in [3.8, 4) is 0 Å². The Morgan fingerprint density at radius 1 is 0.870 bits per heavy atom. The number of aromatic amines is 3. The Labute approximate surface area is 136 Å². The van der Waals surface area contributed by atoms with Crippen molar-refractivity contribution in [2.24, 2.45) is 0 Å². The topological polar surface area (TPSA) is 81.5 Å². The number of carbonyl (C=O) groups is 2. The van der Waals surface area contributed by atoms with Gasteiger partial charge in [0.05, 0.1) is 11.4 Å². The predicted octanol–water partition coefficient (Wildman–Crippen LogP) is 3.97. The number of rotatable bonds is 2. The van der Waals surface area contributed by atoms with Crippen molar-refractivity contribution in [3.63, 3.8) is 0 Å². The molecule has 5 heteroatoms. The molecule has 0 saturated heterocycles. The van der Waals surface area contributed by atoms with Crippen LogP contribution in [0.15, 0.2) is 55.1 Å². The number of nitrogens with one attached hydrogen (secondary N) is 3. The van der Waals surface area contributed by atoms with E-state index in [-0.39, 0.29) is 5.41 Å². The summed E-state index contributed by atoms with van der Waals surface area (Å²) in [5, 5.41) is 0. The second-order valence-corrected chi connectivity index (χ2v) is 5.84.